The Morgan fingerprint density at radius 3 is 2.81 bits per heavy atom. The molecule has 26 heavy (non-hydrogen) atoms. The third kappa shape index (κ3) is 5.74. The summed E-state index contributed by atoms with van der Waals surface area (Å²) >= 11 is 0. The molecule has 2 amide bonds. The van der Waals surface area contributed by atoms with Gasteiger partial charge in [-0.05, 0) is 45.2 Å². The number of furan rings is 1. The van der Waals surface area contributed by atoms with E-state index in [0.717, 1.165) is 0 Å². The van der Waals surface area contributed by atoms with Crippen LogP contribution in [0.25, 0.3) is 0 Å². The van der Waals surface area contributed by atoms with Gasteiger partial charge >= 0.3 is 6.09 Å². The van der Waals surface area contributed by atoms with E-state index in [9.17, 15) is 14.7 Å². The Kier molecular flexibility index (Phi) is 7.05. The first kappa shape index (κ1) is 20.3. The number of nitrogens with one attached hydrogen (secondary N) is 1. The van der Waals surface area contributed by atoms with Gasteiger partial charge in [-0.25, -0.2) is 4.79 Å². The molecule has 1 aliphatic rings. The van der Waals surface area contributed by atoms with Gasteiger partial charge < -0.3 is 29.2 Å². The van der Waals surface area contributed by atoms with Crippen molar-refractivity contribution >= 4 is 12.0 Å². The number of hydrogen-bond acceptors (Lipinski definition) is 6. The molecule has 0 spiro atoms. The van der Waals surface area contributed by atoms with Crippen molar-refractivity contribution in [2.75, 3.05) is 26.7 Å². The number of carbonyl (C=O) groups is 2. The molecule has 1 aliphatic heterocycles. The van der Waals surface area contributed by atoms with Crippen LogP contribution in [0.2, 0.25) is 0 Å². The molecule has 0 saturated carbocycles. The second-order valence-electron chi connectivity index (χ2n) is 6.88. The van der Waals surface area contributed by atoms with Crippen molar-refractivity contribution in [3.05, 3.63) is 23.7 Å². The number of rotatable bonds is 6. The molecular weight excluding hydrogens is 340 g/mol. The third-order valence-corrected chi connectivity index (χ3v) is 4.27. The fraction of sp³-hybridized carbons (Fsp3) is 0.667. The number of ether oxygens (including phenoxy) is 2. The number of hydrogen-bond donors (Lipinski definition) is 2. The zero-order valence-corrected chi connectivity index (χ0v) is 15.6. The number of carbonyl (C=O) groups excluding carboxylic acids is 2. The van der Waals surface area contributed by atoms with E-state index in [0.29, 0.717) is 44.7 Å². The van der Waals surface area contributed by atoms with E-state index < -0.39 is 11.7 Å². The van der Waals surface area contributed by atoms with Gasteiger partial charge in [0.15, 0.2) is 5.76 Å². The highest BCUT2D eigenvalue weighted by Crippen LogP contribution is 2.23. The van der Waals surface area contributed by atoms with Gasteiger partial charge in [0, 0.05) is 26.7 Å². The SMILES string of the molecule is COCc1ccc(C(=O)N2CCCC(O)(CNC(=O)OC(C)C)CC2)o1. The van der Waals surface area contributed by atoms with Crippen molar-refractivity contribution in [2.45, 2.75) is 51.4 Å². The lowest BCUT2D eigenvalue weighted by atomic mass is 9.95. The van der Waals surface area contributed by atoms with Crippen molar-refractivity contribution in [2.24, 2.45) is 0 Å². The lowest BCUT2D eigenvalue weighted by Crippen LogP contribution is -2.44. The van der Waals surface area contributed by atoms with Crippen LogP contribution in [0.3, 0.4) is 0 Å². The zero-order valence-electron chi connectivity index (χ0n) is 15.6. The summed E-state index contributed by atoms with van der Waals surface area (Å²) in [5.41, 5.74) is -1.06. The Morgan fingerprint density at radius 1 is 1.35 bits per heavy atom. The first-order valence-corrected chi connectivity index (χ1v) is 8.87. The van der Waals surface area contributed by atoms with Crippen molar-refractivity contribution in [1.82, 2.24) is 10.2 Å². The maximum Gasteiger partial charge on any atom is 0.407 e. The molecule has 8 heteroatoms. The summed E-state index contributed by atoms with van der Waals surface area (Å²) in [6, 6.07) is 3.35. The number of amides is 2. The molecule has 1 aromatic rings. The fourth-order valence-electron chi connectivity index (χ4n) is 2.92. The van der Waals surface area contributed by atoms with Crippen LogP contribution in [0, 0.1) is 0 Å². The van der Waals surface area contributed by atoms with Crippen LogP contribution >= 0.6 is 0 Å². The lowest BCUT2D eigenvalue weighted by molar-refractivity contribution is 0.0225. The standard InChI is InChI=1S/C18H28N2O6/c1-13(2)25-17(22)19-12-18(23)7-4-9-20(10-8-18)16(21)15-6-5-14(26-15)11-24-3/h5-6,13,23H,4,7-12H2,1-3H3,(H,19,22). The van der Waals surface area contributed by atoms with Gasteiger partial charge in [-0.1, -0.05) is 0 Å². The van der Waals surface area contributed by atoms with Crippen LogP contribution in [-0.4, -0.2) is 60.5 Å². The topological polar surface area (TPSA) is 101 Å². The van der Waals surface area contributed by atoms with E-state index >= 15 is 0 Å². The molecule has 0 aromatic carbocycles. The molecule has 2 N–H and O–H groups in total. The van der Waals surface area contributed by atoms with Crippen LogP contribution in [0.1, 0.15) is 49.4 Å². The highest BCUT2D eigenvalue weighted by molar-refractivity contribution is 5.91. The first-order chi connectivity index (χ1) is 12.3. The van der Waals surface area contributed by atoms with E-state index in [4.69, 9.17) is 13.9 Å². The fourth-order valence-corrected chi connectivity index (χ4v) is 2.92. The quantitative estimate of drug-likeness (QED) is 0.795. The monoisotopic (exact) mass is 368 g/mol. The second-order valence-corrected chi connectivity index (χ2v) is 6.88. The predicted molar refractivity (Wildman–Crippen MR) is 93.7 cm³/mol. The normalized spacial score (nSPS) is 20.7. The van der Waals surface area contributed by atoms with Crippen LogP contribution in [-0.2, 0) is 16.1 Å². The van der Waals surface area contributed by atoms with E-state index in [-0.39, 0.29) is 24.3 Å². The van der Waals surface area contributed by atoms with Gasteiger partial charge in [-0.15, -0.1) is 0 Å². The number of methoxy groups -OCH3 is 1. The van der Waals surface area contributed by atoms with E-state index in [1.165, 1.54) is 0 Å². The molecule has 0 bridgehead atoms. The van der Waals surface area contributed by atoms with Crippen LogP contribution in [0.5, 0.6) is 0 Å². The summed E-state index contributed by atoms with van der Waals surface area (Å²) in [6.45, 7) is 4.84. The molecule has 1 atom stereocenters. The highest BCUT2D eigenvalue weighted by atomic mass is 16.6. The molecule has 0 aliphatic carbocycles. The molecule has 1 saturated heterocycles. The largest absolute Gasteiger partial charge is 0.453 e. The van der Waals surface area contributed by atoms with E-state index in [2.05, 4.69) is 5.32 Å². The molecule has 1 unspecified atom stereocenters. The van der Waals surface area contributed by atoms with E-state index in [1.807, 2.05) is 0 Å². The Hall–Kier alpha value is -2.06. The predicted octanol–water partition coefficient (Wildman–Crippen LogP) is 1.92. The smallest absolute Gasteiger partial charge is 0.407 e. The maximum atomic E-state index is 12.6. The average Bonchev–Trinajstić information content (AvgIpc) is 2.95. The third-order valence-electron chi connectivity index (χ3n) is 4.27. The van der Waals surface area contributed by atoms with Crippen molar-refractivity contribution in [1.29, 1.82) is 0 Å². The number of alkyl carbamates (subject to hydrolysis) is 1. The minimum atomic E-state index is -1.06. The Bertz CT molecular complexity index is 615. The van der Waals surface area contributed by atoms with Gasteiger partial charge in [-0.3, -0.25) is 4.79 Å². The van der Waals surface area contributed by atoms with Crippen molar-refractivity contribution in [3.8, 4) is 0 Å². The first-order valence-electron chi connectivity index (χ1n) is 8.87. The maximum absolute atomic E-state index is 12.6. The van der Waals surface area contributed by atoms with Gasteiger partial charge in [0.2, 0.25) is 0 Å². The minimum absolute atomic E-state index is 0.0966. The van der Waals surface area contributed by atoms with Gasteiger partial charge in [0.05, 0.1) is 11.7 Å². The Labute approximate surface area is 153 Å². The number of nitrogens with zero attached hydrogens (tertiary/aromatic N) is 1. The van der Waals surface area contributed by atoms with Crippen LogP contribution in [0.4, 0.5) is 4.79 Å². The number of aliphatic hydroxyl groups is 1. The van der Waals surface area contributed by atoms with Crippen molar-refractivity contribution in [3.63, 3.8) is 0 Å². The molecular formula is C18H28N2O6. The summed E-state index contributed by atoms with van der Waals surface area (Å²) in [5.74, 6) is 0.653. The Balaban J connectivity index is 1.89. The molecule has 0 radical (unpaired) electrons. The molecule has 1 aromatic heterocycles. The summed E-state index contributed by atoms with van der Waals surface area (Å²) in [6.07, 6.45) is 0.725. The van der Waals surface area contributed by atoms with Gasteiger partial charge in [0.1, 0.15) is 12.4 Å². The van der Waals surface area contributed by atoms with Crippen molar-refractivity contribution < 1.29 is 28.6 Å². The average molecular weight is 368 g/mol. The molecule has 2 heterocycles. The van der Waals surface area contributed by atoms with Crippen LogP contribution in [0.15, 0.2) is 16.5 Å². The summed E-state index contributed by atoms with van der Waals surface area (Å²) < 4.78 is 15.5. The minimum Gasteiger partial charge on any atom is -0.453 e. The molecule has 2 rings (SSSR count). The second kappa shape index (κ2) is 9.05. The Morgan fingerprint density at radius 2 is 2.12 bits per heavy atom. The van der Waals surface area contributed by atoms with Gasteiger partial charge in [-0.2, -0.15) is 0 Å². The van der Waals surface area contributed by atoms with E-state index in [1.54, 1.807) is 38.0 Å². The number of likely N-dealkylation sites (tertiary alicyclic amines) is 1. The van der Waals surface area contributed by atoms with Gasteiger partial charge in [0.25, 0.3) is 5.91 Å². The highest BCUT2D eigenvalue weighted by Gasteiger charge is 2.33. The lowest BCUT2D eigenvalue weighted by Gasteiger charge is -2.27. The molecule has 8 nitrogen and oxygen atoms in total. The molecule has 146 valence electrons. The zero-order chi connectivity index (χ0) is 19.2. The summed E-state index contributed by atoms with van der Waals surface area (Å²) in [5, 5.41) is 13.3. The van der Waals surface area contributed by atoms with Crippen LogP contribution < -0.4 is 5.32 Å². The summed E-state index contributed by atoms with van der Waals surface area (Å²) in [7, 11) is 1.56. The molecule has 1 fully saturated rings. The summed E-state index contributed by atoms with van der Waals surface area (Å²) in [4.78, 5) is 25.9.